The van der Waals surface area contributed by atoms with Gasteiger partial charge in [-0.2, -0.15) is 0 Å². The van der Waals surface area contributed by atoms with Crippen LogP contribution in [0.5, 0.6) is 17.4 Å². The molecule has 2 aromatic heterocycles. The smallest absolute Gasteiger partial charge is 0.335 e. The number of hydrogen-bond donors (Lipinski definition) is 1. The molecule has 2 fully saturated rings. The van der Waals surface area contributed by atoms with Gasteiger partial charge in [-0.3, -0.25) is 0 Å². The van der Waals surface area contributed by atoms with Gasteiger partial charge in [0, 0.05) is 28.0 Å². The third-order valence-electron chi connectivity index (χ3n) is 7.83. The summed E-state index contributed by atoms with van der Waals surface area (Å²) in [6.45, 7) is 2.30. The van der Waals surface area contributed by atoms with E-state index in [1.54, 1.807) is 18.2 Å². The summed E-state index contributed by atoms with van der Waals surface area (Å²) in [6, 6.07) is 14.5. The van der Waals surface area contributed by atoms with Crippen LogP contribution in [0.25, 0.3) is 11.3 Å². The SMILES string of the molecule is Cc1cc(Cl)ccc1-c1noc(C2CC2)c1COc1ccc2c(n1)C1(CC1)Cc1ccc(C(=O)O)cc1O2. The second-order valence-corrected chi connectivity index (χ2v) is 11.0. The molecule has 192 valence electrons. The lowest BCUT2D eigenvalue weighted by Crippen LogP contribution is -2.12. The molecule has 7 rings (SSSR count). The van der Waals surface area contributed by atoms with E-state index < -0.39 is 5.97 Å². The van der Waals surface area contributed by atoms with Crippen molar-refractivity contribution in [3.63, 3.8) is 0 Å². The van der Waals surface area contributed by atoms with Gasteiger partial charge in [0.1, 0.15) is 29.6 Å². The van der Waals surface area contributed by atoms with Crippen LogP contribution in [-0.2, 0) is 18.4 Å². The number of carboxylic acid groups (broad SMARTS) is 1. The Morgan fingerprint density at radius 2 is 1.97 bits per heavy atom. The zero-order valence-corrected chi connectivity index (χ0v) is 21.5. The average Bonchev–Trinajstić information content (AvgIpc) is 3.83. The third-order valence-corrected chi connectivity index (χ3v) is 8.06. The fourth-order valence-electron chi connectivity index (χ4n) is 5.41. The van der Waals surface area contributed by atoms with Gasteiger partial charge in [0.2, 0.25) is 5.88 Å². The summed E-state index contributed by atoms with van der Waals surface area (Å²) >= 11 is 6.19. The first-order valence-electron chi connectivity index (χ1n) is 12.8. The number of pyridine rings is 1. The van der Waals surface area contributed by atoms with Crippen LogP contribution in [0.15, 0.2) is 53.1 Å². The third kappa shape index (κ3) is 4.02. The molecule has 2 saturated carbocycles. The van der Waals surface area contributed by atoms with E-state index in [1.807, 2.05) is 37.3 Å². The van der Waals surface area contributed by atoms with Gasteiger partial charge in [-0.15, -0.1) is 0 Å². The van der Waals surface area contributed by atoms with Crippen LogP contribution < -0.4 is 9.47 Å². The molecule has 2 aliphatic carbocycles. The lowest BCUT2D eigenvalue weighted by molar-refractivity contribution is 0.0696. The number of aromatic carboxylic acids is 1. The molecule has 7 nitrogen and oxygen atoms in total. The summed E-state index contributed by atoms with van der Waals surface area (Å²) in [5.74, 6) is 2.02. The Bertz CT molecular complexity index is 1600. The molecule has 0 saturated heterocycles. The van der Waals surface area contributed by atoms with Crippen molar-refractivity contribution in [3.8, 4) is 28.6 Å². The van der Waals surface area contributed by atoms with Crippen molar-refractivity contribution in [1.82, 2.24) is 10.1 Å². The van der Waals surface area contributed by atoms with E-state index in [2.05, 4.69) is 5.16 Å². The molecule has 1 aliphatic heterocycles. The molecule has 0 atom stereocenters. The number of rotatable bonds is 6. The number of nitrogens with zero attached hydrogens (tertiary/aromatic N) is 2. The second kappa shape index (κ2) is 8.60. The maximum absolute atomic E-state index is 11.5. The quantitative estimate of drug-likeness (QED) is 0.282. The van der Waals surface area contributed by atoms with Crippen molar-refractivity contribution in [1.29, 1.82) is 0 Å². The molecule has 2 aromatic carbocycles. The Morgan fingerprint density at radius 1 is 1.13 bits per heavy atom. The zero-order valence-electron chi connectivity index (χ0n) is 20.8. The first-order valence-corrected chi connectivity index (χ1v) is 13.2. The van der Waals surface area contributed by atoms with Crippen LogP contribution in [0.4, 0.5) is 0 Å². The molecular formula is C30H25ClN2O5. The molecule has 8 heteroatoms. The lowest BCUT2D eigenvalue weighted by atomic mass is 9.92. The van der Waals surface area contributed by atoms with Crippen LogP contribution in [-0.4, -0.2) is 21.2 Å². The van der Waals surface area contributed by atoms with Gasteiger partial charge < -0.3 is 19.1 Å². The molecular weight excluding hydrogens is 504 g/mol. The number of benzene rings is 2. The maximum atomic E-state index is 11.5. The molecule has 38 heavy (non-hydrogen) atoms. The molecule has 1 N–H and O–H groups in total. The van der Waals surface area contributed by atoms with Crippen molar-refractivity contribution < 1.29 is 23.9 Å². The Kier molecular flexibility index (Phi) is 5.27. The predicted octanol–water partition coefficient (Wildman–Crippen LogP) is 7.23. The predicted molar refractivity (Wildman–Crippen MR) is 140 cm³/mol. The summed E-state index contributed by atoms with van der Waals surface area (Å²) in [5, 5.41) is 14.5. The van der Waals surface area contributed by atoms with E-state index in [0.29, 0.717) is 28.3 Å². The molecule has 3 aliphatic rings. The number of carbonyl (C=O) groups is 1. The van der Waals surface area contributed by atoms with Gasteiger partial charge in [-0.25, -0.2) is 9.78 Å². The first-order chi connectivity index (χ1) is 18.4. The highest BCUT2D eigenvalue weighted by molar-refractivity contribution is 6.30. The highest BCUT2D eigenvalue weighted by Crippen LogP contribution is 2.56. The van der Waals surface area contributed by atoms with Gasteiger partial charge in [0.15, 0.2) is 0 Å². The van der Waals surface area contributed by atoms with Crippen LogP contribution in [0.1, 0.15) is 70.1 Å². The van der Waals surface area contributed by atoms with Gasteiger partial charge >= 0.3 is 5.97 Å². The molecule has 0 unspecified atom stereocenters. The van der Waals surface area contributed by atoms with Crippen LogP contribution in [0, 0.1) is 6.92 Å². The average molecular weight is 529 g/mol. The summed E-state index contributed by atoms with van der Waals surface area (Å²) in [6.07, 6.45) is 4.92. The summed E-state index contributed by atoms with van der Waals surface area (Å²) in [4.78, 5) is 16.4. The van der Waals surface area contributed by atoms with E-state index in [9.17, 15) is 9.90 Å². The lowest BCUT2D eigenvalue weighted by Gasteiger charge is -2.15. The number of ether oxygens (including phenoxy) is 2. The summed E-state index contributed by atoms with van der Waals surface area (Å²) in [5.41, 5.74) is 5.67. The first kappa shape index (κ1) is 23.3. The standard InChI is InChI=1S/C30H25ClN2O5/c1-16-12-20(31)6-7-21(16)26-22(27(38-33-26)17-2-3-17)15-36-25-9-8-23-28(32-25)30(10-11-30)14-19-5-4-18(29(34)35)13-24(19)37-23/h4-9,12-13,17H,2-3,10-11,14-15H2,1H3,(H,34,35). The van der Waals surface area contributed by atoms with Crippen molar-refractivity contribution in [2.24, 2.45) is 0 Å². The fourth-order valence-corrected chi connectivity index (χ4v) is 5.64. The minimum atomic E-state index is -0.976. The number of aromatic nitrogens is 2. The van der Waals surface area contributed by atoms with Gasteiger partial charge in [0.05, 0.1) is 16.8 Å². The van der Waals surface area contributed by atoms with E-state index in [-0.39, 0.29) is 17.6 Å². The number of fused-ring (bicyclic) bond motifs is 3. The molecule has 0 bridgehead atoms. The van der Waals surface area contributed by atoms with E-state index in [0.717, 1.165) is 71.5 Å². The van der Waals surface area contributed by atoms with Crippen molar-refractivity contribution in [2.75, 3.05) is 0 Å². The second-order valence-electron chi connectivity index (χ2n) is 10.6. The number of halogens is 1. The Balaban J connectivity index is 1.20. The highest BCUT2D eigenvalue weighted by atomic mass is 35.5. The number of carboxylic acids is 1. The Labute approximate surface area is 224 Å². The zero-order chi connectivity index (χ0) is 26.0. The van der Waals surface area contributed by atoms with Crippen LogP contribution >= 0.6 is 11.6 Å². The van der Waals surface area contributed by atoms with Gasteiger partial charge in [-0.1, -0.05) is 28.9 Å². The normalized spacial score (nSPS) is 16.8. The van der Waals surface area contributed by atoms with Crippen molar-refractivity contribution in [3.05, 3.63) is 87.3 Å². The topological polar surface area (TPSA) is 94.7 Å². The minimum Gasteiger partial charge on any atom is -0.478 e. The number of aryl methyl sites for hydroxylation is 1. The van der Waals surface area contributed by atoms with Gasteiger partial charge in [0.25, 0.3) is 0 Å². The maximum Gasteiger partial charge on any atom is 0.335 e. The van der Waals surface area contributed by atoms with E-state index in [4.69, 9.17) is 30.6 Å². The molecule has 4 aromatic rings. The Morgan fingerprint density at radius 3 is 2.71 bits per heavy atom. The number of hydrogen-bond acceptors (Lipinski definition) is 6. The molecule has 0 radical (unpaired) electrons. The van der Waals surface area contributed by atoms with Crippen molar-refractivity contribution in [2.45, 2.75) is 57.0 Å². The van der Waals surface area contributed by atoms with E-state index in [1.165, 1.54) is 0 Å². The van der Waals surface area contributed by atoms with Crippen LogP contribution in [0.3, 0.4) is 0 Å². The Hall–Kier alpha value is -3.84. The minimum absolute atomic E-state index is 0.118. The van der Waals surface area contributed by atoms with Gasteiger partial charge in [-0.05, 0) is 80.5 Å². The fraction of sp³-hybridized carbons (Fsp3) is 0.300. The highest BCUT2D eigenvalue weighted by Gasteiger charge is 2.49. The monoisotopic (exact) mass is 528 g/mol. The van der Waals surface area contributed by atoms with E-state index >= 15 is 0 Å². The van der Waals surface area contributed by atoms with Crippen molar-refractivity contribution >= 4 is 17.6 Å². The summed E-state index contributed by atoms with van der Waals surface area (Å²) in [7, 11) is 0. The summed E-state index contributed by atoms with van der Waals surface area (Å²) < 4.78 is 18.3. The molecule has 0 amide bonds. The van der Waals surface area contributed by atoms with Crippen LogP contribution in [0.2, 0.25) is 5.02 Å². The molecule has 3 heterocycles. The largest absolute Gasteiger partial charge is 0.478 e. The molecule has 1 spiro atoms.